The molecule has 0 aromatic carbocycles. The summed E-state index contributed by atoms with van der Waals surface area (Å²) in [6.07, 6.45) is 1.87. The molecule has 0 spiro atoms. The highest BCUT2D eigenvalue weighted by Gasteiger charge is 2.09. The molecule has 1 aromatic rings. The molecule has 0 aliphatic carbocycles. The fraction of sp³-hybridized carbons (Fsp3) is 0.600. The van der Waals surface area contributed by atoms with Crippen LogP contribution in [0.25, 0.3) is 0 Å². The van der Waals surface area contributed by atoms with Crippen LogP contribution in [0.15, 0.2) is 21.2 Å². The van der Waals surface area contributed by atoms with E-state index in [0.717, 1.165) is 5.76 Å². The number of furan rings is 1. The first kappa shape index (κ1) is 13.7. The molecule has 16 heavy (non-hydrogen) atoms. The molecule has 0 saturated heterocycles. The van der Waals surface area contributed by atoms with E-state index in [2.05, 4.69) is 21.2 Å². The van der Waals surface area contributed by atoms with Crippen molar-refractivity contribution in [1.82, 2.24) is 5.32 Å². The average molecular weight is 310 g/mol. The molecule has 1 atom stereocenters. The Morgan fingerprint density at radius 3 is 2.69 bits per heavy atom. The molecule has 0 aliphatic rings. The lowest BCUT2D eigenvalue weighted by Crippen LogP contribution is -2.21. The summed E-state index contributed by atoms with van der Waals surface area (Å²) >= 11 is 3.23. The second-order valence-electron chi connectivity index (χ2n) is 3.80. The van der Waals surface area contributed by atoms with Gasteiger partial charge in [0, 0.05) is 6.26 Å². The summed E-state index contributed by atoms with van der Waals surface area (Å²) < 4.78 is 27.9. The fourth-order valence-electron chi connectivity index (χ4n) is 1.31. The number of nitrogens with one attached hydrogen (secondary N) is 1. The minimum atomic E-state index is -2.85. The second-order valence-corrected chi connectivity index (χ2v) is 6.84. The van der Waals surface area contributed by atoms with Crippen molar-refractivity contribution >= 4 is 25.8 Å². The van der Waals surface area contributed by atoms with E-state index in [4.69, 9.17) is 4.42 Å². The van der Waals surface area contributed by atoms with Gasteiger partial charge in [0.2, 0.25) is 0 Å². The first-order valence-electron chi connectivity index (χ1n) is 5.05. The fourth-order valence-corrected chi connectivity index (χ4v) is 2.30. The zero-order chi connectivity index (χ0) is 12.2. The van der Waals surface area contributed by atoms with Crippen molar-refractivity contribution in [2.45, 2.75) is 19.4 Å². The van der Waals surface area contributed by atoms with Crippen molar-refractivity contribution in [1.29, 1.82) is 0 Å². The van der Waals surface area contributed by atoms with Crippen molar-refractivity contribution in [3.05, 3.63) is 22.6 Å². The van der Waals surface area contributed by atoms with Crippen molar-refractivity contribution in [2.75, 3.05) is 18.6 Å². The van der Waals surface area contributed by atoms with Gasteiger partial charge in [-0.25, -0.2) is 8.42 Å². The minimum absolute atomic E-state index is 0.0888. The highest BCUT2D eigenvalue weighted by molar-refractivity contribution is 9.10. The minimum Gasteiger partial charge on any atom is -0.453 e. The maximum absolute atomic E-state index is 10.9. The summed E-state index contributed by atoms with van der Waals surface area (Å²) in [4.78, 5) is 0. The predicted molar refractivity (Wildman–Crippen MR) is 67.2 cm³/mol. The Kier molecular flexibility index (Phi) is 5.01. The third-order valence-electron chi connectivity index (χ3n) is 2.16. The maximum Gasteiger partial charge on any atom is 0.169 e. The van der Waals surface area contributed by atoms with E-state index in [0.29, 0.717) is 17.6 Å². The monoisotopic (exact) mass is 309 g/mol. The number of hydrogen-bond acceptors (Lipinski definition) is 4. The maximum atomic E-state index is 10.9. The Hall–Kier alpha value is -0.330. The van der Waals surface area contributed by atoms with E-state index in [1.165, 1.54) is 6.26 Å². The lowest BCUT2D eigenvalue weighted by molar-refractivity contribution is 0.419. The molecule has 0 radical (unpaired) electrons. The van der Waals surface area contributed by atoms with Crippen molar-refractivity contribution in [3.63, 3.8) is 0 Å². The van der Waals surface area contributed by atoms with Gasteiger partial charge in [-0.3, -0.25) is 0 Å². The van der Waals surface area contributed by atoms with Crippen LogP contribution in [-0.4, -0.2) is 27.0 Å². The summed E-state index contributed by atoms with van der Waals surface area (Å²) in [5.41, 5.74) is 0. The van der Waals surface area contributed by atoms with E-state index in [-0.39, 0.29) is 11.8 Å². The standard InChI is InChI=1S/C10H16BrNO3S/c1-8(9-4-5-10(11)15-9)12-6-3-7-16(2,13)14/h4-5,8,12H,3,6-7H2,1-2H3. The Balaban J connectivity index is 2.28. The Labute approximate surface area is 104 Å². The predicted octanol–water partition coefficient (Wildman–Crippen LogP) is 2.13. The Morgan fingerprint density at radius 2 is 2.19 bits per heavy atom. The van der Waals surface area contributed by atoms with Gasteiger partial charge in [0.25, 0.3) is 0 Å². The van der Waals surface area contributed by atoms with Crippen molar-refractivity contribution in [3.8, 4) is 0 Å². The topological polar surface area (TPSA) is 59.3 Å². The van der Waals surface area contributed by atoms with Gasteiger partial charge in [-0.2, -0.15) is 0 Å². The van der Waals surface area contributed by atoms with Crippen LogP contribution in [0.1, 0.15) is 25.1 Å². The zero-order valence-electron chi connectivity index (χ0n) is 9.36. The van der Waals surface area contributed by atoms with E-state index >= 15 is 0 Å². The normalized spacial score (nSPS) is 13.9. The van der Waals surface area contributed by atoms with Crippen LogP contribution in [0.3, 0.4) is 0 Å². The molecule has 0 amide bonds. The smallest absolute Gasteiger partial charge is 0.169 e. The molecular weight excluding hydrogens is 294 g/mol. The summed E-state index contributed by atoms with van der Waals surface area (Å²) in [6.45, 7) is 2.64. The van der Waals surface area contributed by atoms with Crippen LogP contribution in [0, 0.1) is 0 Å². The summed E-state index contributed by atoms with van der Waals surface area (Å²) in [5.74, 6) is 1.06. The van der Waals surface area contributed by atoms with Crippen molar-refractivity contribution in [2.24, 2.45) is 0 Å². The Morgan fingerprint density at radius 1 is 1.50 bits per heavy atom. The van der Waals surface area contributed by atoms with Crippen molar-refractivity contribution < 1.29 is 12.8 Å². The lowest BCUT2D eigenvalue weighted by atomic mass is 10.2. The molecule has 0 saturated carbocycles. The molecule has 1 rings (SSSR count). The van der Waals surface area contributed by atoms with Gasteiger partial charge >= 0.3 is 0 Å². The van der Waals surface area contributed by atoms with E-state index < -0.39 is 9.84 Å². The first-order chi connectivity index (χ1) is 7.38. The van der Waals surface area contributed by atoms with E-state index in [1.54, 1.807) is 0 Å². The third kappa shape index (κ3) is 5.14. The zero-order valence-corrected chi connectivity index (χ0v) is 11.8. The van der Waals surface area contributed by atoms with Gasteiger partial charge in [0.15, 0.2) is 4.67 Å². The number of rotatable bonds is 6. The number of sulfone groups is 1. The molecular formula is C10H16BrNO3S. The molecule has 1 unspecified atom stereocenters. The van der Waals surface area contributed by atoms with Gasteiger partial charge in [0.1, 0.15) is 15.6 Å². The molecule has 0 fully saturated rings. The van der Waals surface area contributed by atoms with Crippen LogP contribution < -0.4 is 5.32 Å². The van der Waals surface area contributed by atoms with Gasteiger partial charge in [-0.05, 0) is 48.0 Å². The number of halogens is 1. The van der Waals surface area contributed by atoms with Gasteiger partial charge in [-0.15, -0.1) is 0 Å². The number of hydrogen-bond donors (Lipinski definition) is 1. The third-order valence-corrected chi connectivity index (χ3v) is 3.62. The summed E-state index contributed by atoms with van der Waals surface area (Å²) in [7, 11) is -2.85. The van der Waals surface area contributed by atoms with E-state index in [9.17, 15) is 8.42 Å². The quantitative estimate of drug-likeness (QED) is 0.818. The molecule has 0 bridgehead atoms. The SMILES string of the molecule is CC(NCCCS(C)(=O)=O)c1ccc(Br)o1. The van der Waals surface area contributed by atoms with Gasteiger partial charge in [0.05, 0.1) is 11.8 Å². The summed E-state index contributed by atoms with van der Waals surface area (Å²) in [6, 6.07) is 3.81. The highest BCUT2D eigenvalue weighted by atomic mass is 79.9. The highest BCUT2D eigenvalue weighted by Crippen LogP contribution is 2.19. The van der Waals surface area contributed by atoms with Gasteiger partial charge < -0.3 is 9.73 Å². The van der Waals surface area contributed by atoms with Crippen LogP contribution >= 0.6 is 15.9 Å². The van der Waals surface area contributed by atoms with Crippen LogP contribution in [-0.2, 0) is 9.84 Å². The largest absolute Gasteiger partial charge is 0.453 e. The second kappa shape index (κ2) is 5.84. The first-order valence-corrected chi connectivity index (χ1v) is 7.90. The molecule has 4 nitrogen and oxygen atoms in total. The Bertz CT molecular complexity index is 427. The summed E-state index contributed by atoms with van der Waals surface area (Å²) in [5, 5.41) is 3.21. The average Bonchev–Trinajstić information content (AvgIpc) is 2.57. The molecule has 92 valence electrons. The molecule has 6 heteroatoms. The van der Waals surface area contributed by atoms with Crippen LogP contribution in [0.2, 0.25) is 0 Å². The molecule has 1 N–H and O–H groups in total. The molecule has 1 heterocycles. The van der Waals surface area contributed by atoms with Crippen LogP contribution in [0.4, 0.5) is 0 Å². The lowest BCUT2D eigenvalue weighted by Gasteiger charge is -2.10. The molecule has 0 aliphatic heterocycles. The van der Waals surface area contributed by atoms with Gasteiger partial charge in [-0.1, -0.05) is 0 Å². The van der Waals surface area contributed by atoms with E-state index in [1.807, 2.05) is 19.1 Å². The van der Waals surface area contributed by atoms with Crippen LogP contribution in [0.5, 0.6) is 0 Å². The molecule has 1 aromatic heterocycles.